The van der Waals surface area contributed by atoms with E-state index in [0.717, 1.165) is 0 Å². The molecular formula is C16H16N2O4S2. The van der Waals surface area contributed by atoms with E-state index in [-0.39, 0.29) is 36.4 Å². The van der Waals surface area contributed by atoms with Crippen molar-refractivity contribution in [2.75, 3.05) is 29.9 Å². The van der Waals surface area contributed by atoms with Crippen molar-refractivity contribution in [1.82, 2.24) is 4.90 Å². The Labute approximate surface area is 144 Å². The zero-order valence-corrected chi connectivity index (χ0v) is 14.4. The number of sulfone groups is 1. The highest BCUT2D eigenvalue weighted by molar-refractivity contribution is 7.91. The molecule has 1 fully saturated rings. The lowest BCUT2D eigenvalue weighted by Gasteiger charge is -2.27. The maximum atomic E-state index is 12.7. The number of nitrogens with one attached hydrogen (secondary N) is 1. The van der Waals surface area contributed by atoms with Crippen LogP contribution in [0.25, 0.3) is 0 Å². The molecule has 3 rings (SSSR count). The highest BCUT2D eigenvalue weighted by atomic mass is 32.2. The van der Waals surface area contributed by atoms with Crippen LogP contribution in [0.5, 0.6) is 0 Å². The summed E-state index contributed by atoms with van der Waals surface area (Å²) in [5.74, 6) is -0.594. The number of thiophene rings is 1. The van der Waals surface area contributed by atoms with Gasteiger partial charge in [0.25, 0.3) is 11.8 Å². The number of benzene rings is 1. The standard InChI is InChI=1S/C16H16N2O4S2/c19-15(14-6-3-9-23-14)17-13-5-2-1-4-12(13)16(20)18-7-10-24(21,22)11-8-18/h1-6,9H,7-8,10-11H2,(H,17,19). The monoisotopic (exact) mass is 364 g/mol. The molecule has 0 spiro atoms. The Morgan fingerprint density at radius 1 is 1.04 bits per heavy atom. The molecular weight excluding hydrogens is 348 g/mol. The first-order valence-electron chi connectivity index (χ1n) is 7.40. The lowest BCUT2D eigenvalue weighted by molar-refractivity contribution is 0.0771. The number of nitrogens with zero attached hydrogens (tertiary/aromatic N) is 1. The second-order valence-electron chi connectivity index (χ2n) is 5.42. The fraction of sp³-hybridized carbons (Fsp3) is 0.250. The molecule has 0 atom stereocenters. The Balaban J connectivity index is 1.79. The molecule has 0 saturated carbocycles. The van der Waals surface area contributed by atoms with Crippen molar-refractivity contribution >= 4 is 38.7 Å². The number of carbonyl (C=O) groups is 2. The van der Waals surface area contributed by atoms with E-state index in [2.05, 4.69) is 5.32 Å². The van der Waals surface area contributed by atoms with Crippen LogP contribution in [-0.4, -0.2) is 49.7 Å². The van der Waals surface area contributed by atoms with Gasteiger partial charge in [-0.05, 0) is 23.6 Å². The van der Waals surface area contributed by atoms with E-state index in [9.17, 15) is 18.0 Å². The van der Waals surface area contributed by atoms with Crippen molar-refractivity contribution in [2.24, 2.45) is 0 Å². The molecule has 2 heterocycles. The average molecular weight is 364 g/mol. The minimum absolute atomic E-state index is 0.0253. The van der Waals surface area contributed by atoms with E-state index in [0.29, 0.717) is 16.1 Å². The Kier molecular flexibility index (Phi) is 4.68. The highest BCUT2D eigenvalue weighted by Gasteiger charge is 2.27. The summed E-state index contributed by atoms with van der Waals surface area (Å²) in [5.41, 5.74) is 0.788. The van der Waals surface area contributed by atoms with E-state index >= 15 is 0 Å². The molecule has 1 saturated heterocycles. The zero-order valence-electron chi connectivity index (χ0n) is 12.8. The minimum Gasteiger partial charge on any atom is -0.337 e. The summed E-state index contributed by atoms with van der Waals surface area (Å²) in [6.45, 7) is 0.350. The molecule has 1 aliphatic heterocycles. The molecule has 0 bridgehead atoms. The Bertz CT molecular complexity index is 846. The molecule has 1 aromatic heterocycles. The van der Waals surface area contributed by atoms with E-state index < -0.39 is 9.84 Å². The number of hydrogen-bond donors (Lipinski definition) is 1. The largest absolute Gasteiger partial charge is 0.337 e. The van der Waals surface area contributed by atoms with Crippen molar-refractivity contribution in [3.8, 4) is 0 Å². The predicted octanol–water partition coefficient (Wildman–Crippen LogP) is 1.87. The van der Waals surface area contributed by atoms with E-state index in [4.69, 9.17) is 0 Å². The molecule has 0 aliphatic carbocycles. The molecule has 8 heteroatoms. The molecule has 1 aromatic carbocycles. The molecule has 24 heavy (non-hydrogen) atoms. The highest BCUT2D eigenvalue weighted by Crippen LogP contribution is 2.20. The van der Waals surface area contributed by atoms with Gasteiger partial charge in [0, 0.05) is 13.1 Å². The van der Waals surface area contributed by atoms with Crippen molar-refractivity contribution < 1.29 is 18.0 Å². The summed E-state index contributed by atoms with van der Waals surface area (Å²) < 4.78 is 23.0. The van der Waals surface area contributed by atoms with E-state index in [1.165, 1.54) is 16.2 Å². The van der Waals surface area contributed by atoms with E-state index in [1.807, 2.05) is 0 Å². The van der Waals surface area contributed by atoms with Gasteiger partial charge in [-0.3, -0.25) is 9.59 Å². The molecule has 6 nitrogen and oxygen atoms in total. The molecule has 126 valence electrons. The summed E-state index contributed by atoms with van der Waals surface area (Å²) in [7, 11) is -3.05. The number of para-hydroxylation sites is 1. The zero-order chi connectivity index (χ0) is 17.2. The van der Waals surface area contributed by atoms with Crippen LogP contribution >= 0.6 is 11.3 Å². The molecule has 1 N–H and O–H groups in total. The first kappa shape index (κ1) is 16.7. The van der Waals surface area contributed by atoms with Gasteiger partial charge in [0.2, 0.25) is 0 Å². The first-order chi connectivity index (χ1) is 11.5. The Morgan fingerprint density at radius 3 is 2.42 bits per heavy atom. The van der Waals surface area contributed by atoms with Crippen LogP contribution in [0.2, 0.25) is 0 Å². The lowest BCUT2D eigenvalue weighted by Crippen LogP contribution is -2.43. The van der Waals surface area contributed by atoms with Gasteiger partial charge in [-0.15, -0.1) is 11.3 Å². The normalized spacial score (nSPS) is 16.6. The van der Waals surface area contributed by atoms with Gasteiger partial charge in [-0.25, -0.2) is 8.42 Å². The number of amides is 2. The maximum Gasteiger partial charge on any atom is 0.265 e. The summed E-state index contributed by atoms with van der Waals surface area (Å²) in [4.78, 5) is 27.0. The average Bonchev–Trinajstić information content (AvgIpc) is 3.09. The van der Waals surface area contributed by atoms with Crippen LogP contribution in [0.1, 0.15) is 20.0 Å². The van der Waals surface area contributed by atoms with Gasteiger partial charge < -0.3 is 10.2 Å². The number of carbonyl (C=O) groups excluding carboxylic acids is 2. The molecule has 2 aromatic rings. The lowest BCUT2D eigenvalue weighted by atomic mass is 10.1. The summed E-state index contributed by atoms with van der Waals surface area (Å²) >= 11 is 1.32. The third kappa shape index (κ3) is 3.65. The van der Waals surface area contributed by atoms with Crippen LogP contribution in [0.15, 0.2) is 41.8 Å². The van der Waals surface area contributed by atoms with Gasteiger partial charge >= 0.3 is 0 Å². The number of hydrogen-bond acceptors (Lipinski definition) is 5. The Morgan fingerprint density at radius 2 is 1.75 bits per heavy atom. The molecule has 1 aliphatic rings. The van der Waals surface area contributed by atoms with Crippen molar-refractivity contribution in [1.29, 1.82) is 0 Å². The third-order valence-electron chi connectivity index (χ3n) is 3.78. The molecule has 0 unspecified atom stereocenters. The van der Waals surface area contributed by atoms with Crippen LogP contribution in [-0.2, 0) is 9.84 Å². The summed E-state index contributed by atoms with van der Waals surface area (Å²) in [6, 6.07) is 10.2. The van der Waals surface area contributed by atoms with Crippen LogP contribution < -0.4 is 5.32 Å². The van der Waals surface area contributed by atoms with Gasteiger partial charge in [-0.2, -0.15) is 0 Å². The maximum absolute atomic E-state index is 12.7. The topological polar surface area (TPSA) is 83.6 Å². The minimum atomic E-state index is -3.05. The van der Waals surface area contributed by atoms with Crippen molar-refractivity contribution in [2.45, 2.75) is 0 Å². The summed E-state index contributed by atoms with van der Waals surface area (Å²) in [6.07, 6.45) is 0. The fourth-order valence-electron chi connectivity index (χ4n) is 2.46. The van der Waals surface area contributed by atoms with Crippen LogP contribution in [0, 0.1) is 0 Å². The quantitative estimate of drug-likeness (QED) is 0.901. The van der Waals surface area contributed by atoms with Gasteiger partial charge in [0.05, 0.1) is 27.6 Å². The first-order valence-corrected chi connectivity index (χ1v) is 10.1. The Hall–Kier alpha value is -2.19. The molecule has 2 amide bonds. The SMILES string of the molecule is O=C(Nc1ccccc1C(=O)N1CCS(=O)(=O)CC1)c1cccs1. The smallest absolute Gasteiger partial charge is 0.265 e. The van der Waals surface area contributed by atoms with E-state index in [1.54, 1.807) is 41.8 Å². The summed E-state index contributed by atoms with van der Waals surface area (Å²) in [5, 5.41) is 4.56. The second kappa shape index (κ2) is 6.74. The number of anilines is 1. The van der Waals surface area contributed by atoms with Gasteiger partial charge in [0.1, 0.15) is 0 Å². The third-order valence-corrected chi connectivity index (χ3v) is 6.26. The van der Waals surface area contributed by atoms with Crippen molar-refractivity contribution in [3.63, 3.8) is 0 Å². The fourth-order valence-corrected chi connectivity index (χ4v) is 4.28. The molecule has 0 radical (unpaired) electrons. The van der Waals surface area contributed by atoms with Gasteiger partial charge in [0.15, 0.2) is 9.84 Å². The predicted molar refractivity (Wildman–Crippen MR) is 93.3 cm³/mol. The second-order valence-corrected chi connectivity index (χ2v) is 8.67. The number of rotatable bonds is 3. The van der Waals surface area contributed by atoms with Crippen LogP contribution in [0.4, 0.5) is 5.69 Å². The van der Waals surface area contributed by atoms with Gasteiger partial charge in [-0.1, -0.05) is 18.2 Å². The van der Waals surface area contributed by atoms with Crippen LogP contribution in [0.3, 0.4) is 0 Å². The van der Waals surface area contributed by atoms with Crippen molar-refractivity contribution in [3.05, 3.63) is 52.2 Å².